The third-order valence-corrected chi connectivity index (χ3v) is 1.75. The average molecular weight is 230 g/mol. The fraction of sp³-hybridized carbons (Fsp3) is 0.727. The monoisotopic (exact) mass is 230 g/mol. The number of hydrogen-bond donors (Lipinski definition) is 2. The quantitative estimate of drug-likeness (QED) is 0.703. The molecule has 0 radical (unpaired) electrons. The molecule has 5 nitrogen and oxygen atoms in total. The smallest absolute Gasteiger partial charge is 0.318 e. The Morgan fingerprint density at radius 3 is 2.31 bits per heavy atom. The molecule has 0 aromatic carbocycles. The second-order valence-corrected chi connectivity index (χ2v) is 4.45. The molecule has 0 aliphatic heterocycles. The van der Waals surface area contributed by atoms with Crippen LogP contribution in [0.1, 0.15) is 20.8 Å². The van der Waals surface area contributed by atoms with Crippen LogP contribution < -0.4 is 10.6 Å². The minimum absolute atomic E-state index is 0.0505. The topological polar surface area (TPSA) is 59.6 Å². The van der Waals surface area contributed by atoms with E-state index >= 15 is 0 Å². The molecule has 2 amide bonds. The lowest BCUT2D eigenvalue weighted by atomic mass is 9.97. The third-order valence-electron chi connectivity index (χ3n) is 1.75. The molecule has 0 spiro atoms. The van der Waals surface area contributed by atoms with Gasteiger partial charge >= 0.3 is 6.03 Å². The van der Waals surface area contributed by atoms with Crippen LogP contribution in [-0.4, -0.2) is 33.1 Å². The zero-order valence-corrected chi connectivity index (χ0v) is 10.7. The fourth-order valence-electron chi connectivity index (χ4n) is 0.857. The highest BCUT2D eigenvalue weighted by molar-refractivity contribution is 5.74. The van der Waals surface area contributed by atoms with Crippen LogP contribution in [-0.2, 0) is 9.47 Å². The molecule has 5 heteroatoms. The molecule has 0 bridgehead atoms. The summed E-state index contributed by atoms with van der Waals surface area (Å²) in [5.41, 5.74) is 0.0505. The second-order valence-electron chi connectivity index (χ2n) is 4.45. The molecule has 0 saturated heterocycles. The predicted octanol–water partition coefficient (Wildman–Crippen LogP) is 1.46. The molecule has 0 unspecified atom stereocenters. The SMILES string of the molecule is COC(CNC(=O)N/C=C/C(C)(C)C)OC. The van der Waals surface area contributed by atoms with Crippen molar-refractivity contribution in [3.8, 4) is 0 Å². The zero-order valence-electron chi connectivity index (χ0n) is 10.7. The van der Waals surface area contributed by atoms with Crippen molar-refractivity contribution in [3.05, 3.63) is 12.3 Å². The van der Waals surface area contributed by atoms with Crippen LogP contribution in [0.25, 0.3) is 0 Å². The molecule has 0 aliphatic carbocycles. The predicted molar refractivity (Wildman–Crippen MR) is 62.9 cm³/mol. The van der Waals surface area contributed by atoms with Gasteiger partial charge in [-0.2, -0.15) is 0 Å². The summed E-state index contributed by atoms with van der Waals surface area (Å²) in [6.45, 7) is 6.46. The molecule has 0 fully saturated rings. The van der Waals surface area contributed by atoms with E-state index in [1.165, 1.54) is 14.2 Å². The van der Waals surface area contributed by atoms with Crippen LogP contribution in [0.5, 0.6) is 0 Å². The first-order valence-corrected chi connectivity index (χ1v) is 5.16. The minimum atomic E-state index is -0.419. The summed E-state index contributed by atoms with van der Waals surface area (Å²) in [7, 11) is 3.04. The second kappa shape index (κ2) is 7.24. The Balaban J connectivity index is 3.79. The molecule has 0 aromatic rings. The number of ether oxygens (including phenoxy) is 2. The maximum Gasteiger partial charge on any atom is 0.318 e. The molecule has 2 N–H and O–H groups in total. The zero-order chi connectivity index (χ0) is 12.6. The highest BCUT2D eigenvalue weighted by Crippen LogP contribution is 2.13. The first-order valence-electron chi connectivity index (χ1n) is 5.16. The lowest BCUT2D eigenvalue weighted by molar-refractivity contribution is -0.0971. The molecule has 0 aliphatic rings. The van der Waals surface area contributed by atoms with Gasteiger partial charge in [0.1, 0.15) is 0 Å². The lowest BCUT2D eigenvalue weighted by Gasteiger charge is -2.14. The summed E-state index contributed by atoms with van der Waals surface area (Å²) < 4.78 is 9.85. The summed E-state index contributed by atoms with van der Waals surface area (Å²) in [5.74, 6) is 0. The lowest BCUT2D eigenvalue weighted by Crippen LogP contribution is -2.38. The van der Waals surface area contributed by atoms with Gasteiger partial charge in [-0.1, -0.05) is 26.8 Å². The summed E-state index contributed by atoms with van der Waals surface area (Å²) >= 11 is 0. The first kappa shape index (κ1) is 14.9. The van der Waals surface area contributed by atoms with Gasteiger partial charge in [0.05, 0.1) is 6.54 Å². The molecule has 0 aromatic heterocycles. The number of urea groups is 1. The Labute approximate surface area is 97.2 Å². The summed E-state index contributed by atoms with van der Waals surface area (Å²) in [5, 5.41) is 5.22. The number of nitrogens with one attached hydrogen (secondary N) is 2. The average Bonchev–Trinajstić information content (AvgIpc) is 2.17. The van der Waals surface area contributed by atoms with Gasteiger partial charge in [-0.25, -0.2) is 4.79 Å². The Bertz CT molecular complexity index is 230. The van der Waals surface area contributed by atoms with Gasteiger partial charge in [0.25, 0.3) is 0 Å². The van der Waals surface area contributed by atoms with E-state index in [-0.39, 0.29) is 11.4 Å². The maximum absolute atomic E-state index is 11.3. The maximum atomic E-state index is 11.3. The van der Waals surface area contributed by atoms with E-state index in [0.717, 1.165) is 0 Å². The van der Waals surface area contributed by atoms with Gasteiger partial charge in [0, 0.05) is 20.4 Å². The van der Waals surface area contributed by atoms with E-state index in [4.69, 9.17) is 9.47 Å². The van der Waals surface area contributed by atoms with Gasteiger partial charge in [0.2, 0.25) is 0 Å². The van der Waals surface area contributed by atoms with Gasteiger partial charge in [-0.15, -0.1) is 0 Å². The molecule has 0 rings (SSSR count). The Morgan fingerprint density at radius 2 is 1.88 bits per heavy atom. The van der Waals surface area contributed by atoms with E-state index in [9.17, 15) is 4.79 Å². The van der Waals surface area contributed by atoms with Crippen LogP contribution in [0.4, 0.5) is 4.79 Å². The van der Waals surface area contributed by atoms with Crippen molar-refractivity contribution >= 4 is 6.03 Å². The van der Waals surface area contributed by atoms with Crippen LogP contribution in [0.3, 0.4) is 0 Å². The van der Waals surface area contributed by atoms with E-state index in [1.54, 1.807) is 6.20 Å². The number of carbonyl (C=O) groups is 1. The highest BCUT2D eigenvalue weighted by Gasteiger charge is 2.07. The number of hydrogen-bond acceptors (Lipinski definition) is 3. The molecule has 16 heavy (non-hydrogen) atoms. The first-order chi connectivity index (χ1) is 7.39. The summed E-state index contributed by atoms with van der Waals surface area (Å²) in [6, 6.07) is -0.278. The van der Waals surface area contributed by atoms with Crippen LogP contribution >= 0.6 is 0 Å². The molecule has 0 atom stereocenters. The van der Waals surface area contributed by atoms with Gasteiger partial charge in [0.15, 0.2) is 6.29 Å². The van der Waals surface area contributed by atoms with Crippen LogP contribution in [0.2, 0.25) is 0 Å². The molecule has 94 valence electrons. The number of allylic oxidation sites excluding steroid dienone is 1. The standard InChI is InChI=1S/C11H22N2O3/c1-11(2,3)6-7-12-10(14)13-8-9(15-4)16-5/h6-7,9H,8H2,1-5H3,(H2,12,13,14)/b7-6+. The summed E-state index contributed by atoms with van der Waals surface area (Å²) in [4.78, 5) is 11.3. The molecular formula is C11H22N2O3. The van der Waals surface area contributed by atoms with Crippen molar-refractivity contribution in [2.45, 2.75) is 27.1 Å². The molecule has 0 heterocycles. The Kier molecular flexibility index (Phi) is 6.76. The molecular weight excluding hydrogens is 208 g/mol. The Hall–Kier alpha value is -1.07. The van der Waals surface area contributed by atoms with E-state index < -0.39 is 6.29 Å². The van der Waals surface area contributed by atoms with Gasteiger partial charge in [-0.3, -0.25) is 0 Å². The van der Waals surface area contributed by atoms with E-state index in [0.29, 0.717) is 6.54 Å². The largest absolute Gasteiger partial charge is 0.354 e. The van der Waals surface area contributed by atoms with Crippen molar-refractivity contribution in [3.63, 3.8) is 0 Å². The van der Waals surface area contributed by atoms with Crippen molar-refractivity contribution in [2.24, 2.45) is 5.41 Å². The van der Waals surface area contributed by atoms with Crippen molar-refractivity contribution < 1.29 is 14.3 Å². The third kappa shape index (κ3) is 8.26. The minimum Gasteiger partial charge on any atom is -0.354 e. The Morgan fingerprint density at radius 1 is 1.31 bits per heavy atom. The molecule has 0 saturated carbocycles. The van der Waals surface area contributed by atoms with Crippen LogP contribution in [0, 0.1) is 5.41 Å². The number of carbonyl (C=O) groups excluding carboxylic acids is 1. The van der Waals surface area contributed by atoms with Gasteiger partial charge < -0.3 is 20.1 Å². The van der Waals surface area contributed by atoms with Crippen molar-refractivity contribution in [2.75, 3.05) is 20.8 Å². The highest BCUT2D eigenvalue weighted by atomic mass is 16.7. The van der Waals surface area contributed by atoms with Crippen molar-refractivity contribution in [1.82, 2.24) is 10.6 Å². The fourth-order valence-corrected chi connectivity index (χ4v) is 0.857. The van der Waals surface area contributed by atoms with Crippen molar-refractivity contribution in [1.29, 1.82) is 0 Å². The van der Waals surface area contributed by atoms with Gasteiger partial charge in [-0.05, 0) is 5.41 Å². The van der Waals surface area contributed by atoms with Crippen LogP contribution in [0.15, 0.2) is 12.3 Å². The van der Waals surface area contributed by atoms with E-state index in [2.05, 4.69) is 31.4 Å². The summed E-state index contributed by atoms with van der Waals surface area (Å²) in [6.07, 6.45) is 3.12. The number of methoxy groups -OCH3 is 2. The number of rotatable bonds is 5. The number of amides is 2. The normalized spacial score (nSPS) is 12.1. The van der Waals surface area contributed by atoms with E-state index in [1.807, 2.05) is 6.08 Å².